The zero-order valence-electron chi connectivity index (χ0n) is 9.92. The van der Waals surface area contributed by atoms with Gasteiger partial charge in [0.05, 0.1) is 16.6 Å². The molecule has 0 atom stereocenters. The van der Waals surface area contributed by atoms with Crippen LogP contribution in [0.2, 0.25) is 0 Å². The lowest BCUT2D eigenvalue weighted by molar-refractivity contribution is 0.0526. The van der Waals surface area contributed by atoms with Crippen LogP contribution in [0.25, 0.3) is 10.9 Å². The van der Waals surface area contributed by atoms with Gasteiger partial charge in [0.2, 0.25) is 0 Å². The van der Waals surface area contributed by atoms with Crippen molar-refractivity contribution in [2.75, 3.05) is 11.0 Å². The Morgan fingerprint density at radius 2 is 2.33 bits per heavy atom. The zero-order valence-corrected chi connectivity index (χ0v) is 12.1. The van der Waals surface area contributed by atoms with Gasteiger partial charge in [-0.2, -0.15) is 0 Å². The van der Waals surface area contributed by atoms with Crippen molar-refractivity contribution in [3.8, 4) is 11.8 Å². The quantitative estimate of drug-likeness (QED) is 0.390. The summed E-state index contributed by atoms with van der Waals surface area (Å²) in [5.41, 5.74) is 2.44. The van der Waals surface area contributed by atoms with Gasteiger partial charge in [-0.25, -0.2) is 4.79 Å². The fourth-order valence-corrected chi connectivity index (χ4v) is 1.88. The van der Waals surface area contributed by atoms with Gasteiger partial charge in [-0.3, -0.25) is 0 Å². The van der Waals surface area contributed by atoms with Gasteiger partial charge in [0.25, 0.3) is 0 Å². The van der Waals surface area contributed by atoms with Crippen molar-refractivity contribution < 1.29 is 9.53 Å². The number of aromatic nitrogens is 1. The first-order valence-electron chi connectivity index (χ1n) is 5.59. The molecule has 0 aliphatic heterocycles. The second-order valence-corrected chi connectivity index (χ2v) is 4.38. The lowest BCUT2D eigenvalue weighted by atomic mass is 10.1. The third kappa shape index (κ3) is 2.67. The van der Waals surface area contributed by atoms with Crippen LogP contribution in [0.5, 0.6) is 0 Å². The minimum absolute atomic E-state index is 0.298. The van der Waals surface area contributed by atoms with E-state index in [1.165, 1.54) is 0 Å². The molecular formula is C14H12INO2. The highest BCUT2D eigenvalue weighted by atomic mass is 127. The number of halogens is 1. The SMILES string of the molecule is CCOC(=O)c1ccc2[nH]cc(C#CCI)c2c1. The van der Waals surface area contributed by atoms with Crippen molar-refractivity contribution in [1.29, 1.82) is 0 Å². The predicted molar refractivity (Wildman–Crippen MR) is 80.0 cm³/mol. The minimum atomic E-state index is -0.298. The fourth-order valence-electron chi connectivity index (χ4n) is 1.69. The van der Waals surface area contributed by atoms with E-state index in [2.05, 4.69) is 39.4 Å². The number of hydrogen-bond donors (Lipinski definition) is 1. The van der Waals surface area contributed by atoms with E-state index in [-0.39, 0.29) is 5.97 Å². The fraction of sp³-hybridized carbons (Fsp3) is 0.214. The molecule has 0 fully saturated rings. The lowest BCUT2D eigenvalue weighted by Gasteiger charge is -2.01. The molecule has 1 aromatic carbocycles. The van der Waals surface area contributed by atoms with Gasteiger partial charge >= 0.3 is 5.97 Å². The van der Waals surface area contributed by atoms with E-state index in [4.69, 9.17) is 4.74 Å². The van der Waals surface area contributed by atoms with Crippen molar-refractivity contribution in [2.45, 2.75) is 6.92 Å². The second kappa shape index (κ2) is 5.91. The number of nitrogens with one attached hydrogen (secondary N) is 1. The first-order valence-corrected chi connectivity index (χ1v) is 7.12. The Morgan fingerprint density at radius 1 is 1.50 bits per heavy atom. The lowest BCUT2D eigenvalue weighted by Crippen LogP contribution is -2.04. The Bertz CT molecular complexity index is 634. The summed E-state index contributed by atoms with van der Waals surface area (Å²) < 4.78 is 5.77. The maximum atomic E-state index is 11.7. The zero-order chi connectivity index (χ0) is 13.0. The second-order valence-electron chi connectivity index (χ2n) is 3.62. The molecule has 3 nitrogen and oxygen atoms in total. The Kier molecular flexibility index (Phi) is 4.26. The summed E-state index contributed by atoms with van der Waals surface area (Å²) in [4.78, 5) is 14.8. The highest BCUT2D eigenvalue weighted by Gasteiger charge is 2.09. The number of H-pyrrole nitrogens is 1. The molecule has 1 N–H and O–H groups in total. The first kappa shape index (κ1) is 13.0. The maximum Gasteiger partial charge on any atom is 0.338 e. The van der Waals surface area contributed by atoms with Crippen molar-refractivity contribution in [1.82, 2.24) is 4.98 Å². The van der Waals surface area contributed by atoms with E-state index in [1.807, 2.05) is 18.3 Å². The molecule has 0 saturated carbocycles. The summed E-state index contributed by atoms with van der Waals surface area (Å²) in [5.74, 6) is 5.79. The highest BCUT2D eigenvalue weighted by Crippen LogP contribution is 2.19. The van der Waals surface area contributed by atoms with Crippen molar-refractivity contribution >= 4 is 39.5 Å². The summed E-state index contributed by atoms with van der Waals surface area (Å²) >= 11 is 2.21. The van der Waals surface area contributed by atoms with Crippen LogP contribution in [0.3, 0.4) is 0 Å². The summed E-state index contributed by atoms with van der Waals surface area (Å²) in [6, 6.07) is 5.45. The molecule has 4 heteroatoms. The number of carbonyl (C=O) groups excluding carboxylic acids is 1. The van der Waals surface area contributed by atoms with E-state index in [9.17, 15) is 4.79 Å². The Labute approximate surface area is 119 Å². The predicted octanol–water partition coefficient (Wildman–Crippen LogP) is 3.13. The van der Waals surface area contributed by atoms with Crippen molar-refractivity contribution in [3.63, 3.8) is 0 Å². The summed E-state index contributed by atoms with van der Waals surface area (Å²) in [7, 11) is 0. The normalized spacial score (nSPS) is 9.89. The van der Waals surface area contributed by atoms with Gasteiger partial charge < -0.3 is 9.72 Å². The number of fused-ring (bicyclic) bond motifs is 1. The summed E-state index contributed by atoms with van der Waals surface area (Å²) in [5, 5.41) is 0.956. The van der Waals surface area contributed by atoms with E-state index in [0.29, 0.717) is 12.2 Å². The van der Waals surface area contributed by atoms with Crippen LogP contribution in [-0.4, -0.2) is 22.0 Å². The molecule has 0 aliphatic rings. The molecule has 0 spiro atoms. The third-order valence-electron chi connectivity index (χ3n) is 2.48. The third-order valence-corrected chi connectivity index (χ3v) is 2.86. The number of aromatic amines is 1. The minimum Gasteiger partial charge on any atom is -0.462 e. The molecule has 2 rings (SSSR count). The number of hydrogen-bond acceptors (Lipinski definition) is 2. The van der Waals surface area contributed by atoms with Gasteiger partial charge in [-0.1, -0.05) is 34.4 Å². The number of alkyl halides is 1. The van der Waals surface area contributed by atoms with Crippen molar-refractivity contribution in [2.24, 2.45) is 0 Å². The maximum absolute atomic E-state index is 11.7. The summed E-state index contributed by atoms with van der Waals surface area (Å²) in [6.45, 7) is 2.18. The Hall–Kier alpha value is -1.48. The van der Waals surface area contributed by atoms with Crippen LogP contribution in [0.1, 0.15) is 22.8 Å². The first-order chi connectivity index (χ1) is 8.76. The number of ether oxygens (including phenoxy) is 1. The van der Waals surface area contributed by atoms with Gasteiger partial charge in [-0.15, -0.1) is 0 Å². The van der Waals surface area contributed by atoms with E-state index >= 15 is 0 Å². The number of esters is 1. The standard InChI is InChI=1S/C14H12INO2/c1-2-18-14(17)10-5-6-13-12(8-10)11(9-16-13)4-3-7-15/h5-6,8-9,16H,2,7H2,1H3. The molecule has 0 aliphatic carbocycles. The number of rotatable bonds is 2. The van der Waals surface area contributed by atoms with Gasteiger partial charge in [0.1, 0.15) is 0 Å². The molecule has 0 unspecified atom stereocenters. The molecule has 0 saturated heterocycles. The number of benzene rings is 1. The Balaban J connectivity index is 2.45. The molecule has 2 aromatic rings. The van der Waals surface area contributed by atoms with Gasteiger partial charge in [0.15, 0.2) is 0 Å². The van der Waals surface area contributed by atoms with Gasteiger partial charge in [-0.05, 0) is 25.1 Å². The molecule has 92 valence electrons. The molecule has 1 aromatic heterocycles. The molecular weight excluding hydrogens is 341 g/mol. The topological polar surface area (TPSA) is 42.1 Å². The number of carbonyl (C=O) groups is 1. The molecule has 0 amide bonds. The highest BCUT2D eigenvalue weighted by molar-refractivity contribution is 14.1. The van der Waals surface area contributed by atoms with Crippen LogP contribution in [-0.2, 0) is 4.74 Å². The Morgan fingerprint density at radius 3 is 3.06 bits per heavy atom. The van der Waals surface area contributed by atoms with Crippen LogP contribution < -0.4 is 0 Å². The largest absolute Gasteiger partial charge is 0.462 e. The molecule has 1 heterocycles. The molecule has 0 bridgehead atoms. The van der Waals surface area contributed by atoms with Crippen LogP contribution in [0.4, 0.5) is 0 Å². The average molecular weight is 353 g/mol. The smallest absolute Gasteiger partial charge is 0.338 e. The van der Waals surface area contributed by atoms with E-state index in [1.54, 1.807) is 13.0 Å². The van der Waals surface area contributed by atoms with Gasteiger partial charge in [0, 0.05) is 22.7 Å². The van der Waals surface area contributed by atoms with E-state index < -0.39 is 0 Å². The van der Waals surface area contributed by atoms with Crippen molar-refractivity contribution in [3.05, 3.63) is 35.5 Å². The summed E-state index contributed by atoms with van der Waals surface area (Å²) in [6.07, 6.45) is 1.86. The van der Waals surface area contributed by atoms with Crippen LogP contribution in [0, 0.1) is 11.8 Å². The van der Waals surface area contributed by atoms with E-state index in [0.717, 1.165) is 20.9 Å². The molecule has 0 radical (unpaired) electrons. The monoisotopic (exact) mass is 353 g/mol. The average Bonchev–Trinajstić information content (AvgIpc) is 2.79. The van der Waals surface area contributed by atoms with Crippen LogP contribution >= 0.6 is 22.6 Å². The molecule has 18 heavy (non-hydrogen) atoms. The van der Waals surface area contributed by atoms with Crippen LogP contribution in [0.15, 0.2) is 24.4 Å².